The summed E-state index contributed by atoms with van der Waals surface area (Å²) in [6, 6.07) is 20.6. The Bertz CT molecular complexity index is 1250. The van der Waals surface area contributed by atoms with Crippen LogP contribution in [0.25, 0.3) is 16.7 Å². The maximum atomic E-state index is 12.6. The molecule has 0 radical (unpaired) electrons. The Hall–Kier alpha value is -3.47. The summed E-state index contributed by atoms with van der Waals surface area (Å²) in [6.45, 7) is 8.25. The summed E-state index contributed by atoms with van der Waals surface area (Å²) in [5, 5.41) is 9.00. The Labute approximate surface area is 195 Å². The van der Waals surface area contributed by atoms with Crippen molar-refractivity contribution in [2.24, 2.45) is 0 Å². The summed E-state index contributed by atoms with van der Waals surface area (Å²) in [7, 11) is 0. The van der Waals surface area contributed by atoms with E-state index in [9.17, 15) is 4.79 Å². The van der Waals surface area contributed by atoms with Gasteiger partial charge in [0.05, 0.1) is 11.4 Å². The average molecular weight is 441 g/mol. The van der Waals surface area contributed by atoms with Gasteiger partial charge in [-0.05, 0) is 75.8 Å². The lowest BCUT2D eigenvalue weighted by Crippen LogP contribution is -2.33. The Morgan fingerprint density at radius 3 is 2.30 bits per heavy atom. The van der Waals surface area contributed by atoms with E-state index in [1.807, 2.05) is 54.9 Å². The minimum atomic E-state index is 0.0890. The van der Waals surface area contributed by atoms with Gasteiger partial charge in [0.1, 0.15) is 0 Å². The van der Waals surface area contributed by atoms with Crippen molar-refractivity contribution < 1.29 is 4.79 Å². The molecule has 0 aliphatic heterocycles. The van der Waals surface area contributed by atoms with Crippen LogP contribution in [0.5, 0.6) is 0 Å². The van der Waals surface area contributed by atoms with Crippen molar-refractivity contribution in [2.45, 2.75) is 59.4 Å². The number of aryl methyl sites for hydroxylation is 4. The number of nitrogens with one attached hydrogen (secondary N) is 1. The molecular weight excluding hydrogens is 408 g/mol. The van der Waals surface area contributed by atoms with E-state index in [1.165, 1.54) is 11.1 Å². The summed E-state index contributed by atoms with van der Waals surface area (Å²) in [5.74, 6) is 0.0890. The van der Waals surface area contributed by atoms with Crippen LogP contribution in [-0.2, 0) is 17.6 Å². The highest BCUT2D eigenvalue weighted by molar-refractivity contribution is 5.85. The van der Waals surface area contributed by atoms with Gasteiger partial charge in [-0.25, -0.2) is 9.67 Å². The summed E-state index contributed by atoms with van der Waals surface area (Å²) in [5.41, 5.74) is 7.40. The molecular formula is C28H32N4O. The van der Waals surface area contributed by atoms with Crippen molar-refractivity contribution in [3.63, 3.8) is 0 Å². The topological polar surface area (TPSA) is 59.8 Å². The van der Waals surface area contributed by atoms with Crippen molar-refractivity contribution in [1.82, 2.24) is 20.1 Å². The number of carbonyl (C=O) groups excluding carboxylic acids is 1. The van der Waals surface area contributed by atoms with Crippen LogP contribution in [0.1, 0.15) is 47.8 Å². The molecule has 1 amide bonds. The number of benzene rings is 2. The number of amides is 1. The number of nitrogens with zero attached hydrogens (tertiary/aromatic N) is 3. The smallest absolute Gasteiger partial charge is 0.220 e. The lowest BCUT2D eigenvalue weighted by atomic mass is 9.99. The Kier molecular flexibility index (Phi) is 6.87. The van der Waals surface area contributed by atoms with Gasteiger partial charge in [0.25, 0.3) is 0 Å². The number of pyridine rings is 1. The highest BCUT2D eigenvalue weighted by atomic mass is 16.1. The van der Waals surface area contributed by atoms with Crippen LogP contribution >= 0.6 is 0 Å². The summed E-state index contributed by atoms with van der Waals surface area (Å²) in [6.07, 6.45) is 3.02. The first-order chi connectivity index (χ1) is 15.9. The molecule has 33 heavy (non-hydrogen) atoms. The third kappa shape index (κ3) is 5.14. The normalized spacial score (nSPS) is 12.1. The zero-order chi connectivity index (χ0) is 23.4. The van der Waals surface area contributed by atoms with Gasteiger partial charge in [0, 0.05) is 23.5 Å². The summed E-state index contributed by atoms with van der Waals surface area (Å²) < 4.78 is 1.91. The second kappa shape index (κ2) is 9.99. The number of para-hydroxylation sites is 1. The third-order valence-corrected chi connectivity index (χ3v) is 6.29. The third-order valence-electron chi connectivity index (χ3n) is 6.29. The molecule has 0 aliphatic carbocycles. The molecule has 0 unspecified atom stereocenters. The monoisotopic (exact) mass is 440 g/mol. The molecule has 4 rings (SSSR count). The van der Waals surface area contributed by atoms with E-state index in [2.05, 4.69) is 43.4 Å². The van der Waals surface area contributed by atoms with E-state index >= 15 is 0 Å². The van der Waals surface area contributed by atoms with Gasteiger partial charge in [-0.1, -0.05) is 48.5 Å². The maximum absolute atomic E-state index is 12.6. The first kappa shape index (κ1) is 22.7. The molecule has 5 nitrogen and oxygen atoms in total. The first-order valence-corrected chi connectivity index (χ1v) is 11.7. The molecule has 0 aliphatic rings. The minimum absolute atomic E-state index is 0.0890. The molecule has 0 saturated heterocycles. The molecule has 0 bridgehead atoms. The van der Waals surface area contributed by atoms with Crippen LogP contribution in [0.15, 0.2) is 60.7 Å². The molecule has 170 valence electrons. The van der Waals surface area contributed by atoms with Crippen LogP contribution in [0.4, 0.5) is 0 Å². The lowest BCUT2D eigenvalue weighted by molar-refractivity contribution is -0.121. The van der Waals surface area contributed by atoms with Gasteiger partial charge < -0.3 is 5.32 Å². The van der Waals surface area contributed by atoms with Gasteiger partial charge in [-0.15, -0.1) is 0 Å². The van der Waals surface area contributed by atoms with Crippen LogP contribution in [-0.4, -0.2) is 26.7 Å². The van der Waals surface area contributed by atoms with E-state index in [-0.39, 0.29) is 11.9 Å². The lowest BCUT2D eigenvalue weighted by Gasteiger charge is -2.15. The second-order valence-electron chi connectivity index (χ2n) is 8.82. The largest absolute Gasteiger partial charge is 0.354 e. The Morgan fingerprint density at radius 1 is 0.939 bits per heavy atom. The van der Waals surface area contributed by atoms with E-state index in [1.54, 1.807) is 0 Å². The average Bonchev–Trinajstić information content (AvgIpc) is 3.15. The van der Waals surface area contributed by atoms with Crippen molar-refractivity contribution in [3.05, 3.63) is 88.7 Å². The zero-order valence-corrected chi connectivity index (χ0v) is 19.9. The number of hydrogen-bond donors (Lipinski definition) is 1. The molecule has 2 aromatic heterocycles. The Balaban J connectivity index is 1.44. The van der Waals surface area contributed by atoms with Crippen molar-refractivity contribution in [3.8, 4) is 5.69 Å². The predicted molar refractivity (Wildman–Crippen MR) is 134 cm³/mol. The molecule has 4 aromatic rings. The molecule has 2 aromatic carbocycles. The fourth-order valence-corrected chi connectivity index (χ4v) is 4.51. The number of hydrogen-bond acceptors (Lipinski definition) is 3. The number of aromatic nitrogens is 3. The Morgan fingerprint density at radius 2 is 1.61 bits per heavy atom. The van der Waals surface area contributed by atoms with Crippen LogP contribution in [0, 0.1) is 20.8 Å². The molecule has 2 heterocycles. The van der Waals surface area contributed by atoms with E-state index in [4.69, 9.17) is 10.1 Å². The number of carbonyl (C=O) groups is 1. The highest BCUT2D eigenvalue weighted by Crippen LogP contribution is 2.28. The first-order valence-electron chi connectivity index (χ1n) is 11.7. The fraction of sp³-hybridized carbons (Fsp3) is 0.321. The molecule has 0 spiro atoms. The quantitative estimate of drug-likeness (QED) is 0.398. The highest BCUT2D eigenvalue weighted by Gasteiger charge is 2.18. The van der Waals surface area contributed by atoms with Crippen molar-refractivity contribution in [1.29, 1.82) is 0 Å². The van der Waals surface area contributed by atoms with E-state index in [0.29, 0.717) is 12.8 Å². The maximum Gasteiger partial charge on any atom is 0.220 e. The van der Waals surface area contributed by atoms with Gasteiger partial charge >= 0.3 is 0 Å². The van der Waals surface area contributed by atoms with Gasteiger partial charge in [-0.2, -0.15) is 5.10 Å². The predicted octanol–water partition coefficient (Wildman–Crippen LogP) is 5.42. The molecule has 0 fully saturated rings. The van der Waals surface area contributed by atoms with Gasteiger partial charge in [0.2, 0.25) is 5.91 Å². The van der Waals surface area contributed by atoms with Gasteiger partial charge in [0.15, 0.2) is 5.65 Å². The van der Waals surface area contributed by atoms with Crippen molar-refractivity contribution in [2.75, 3.05) is 0 Å². The van der Waals surface area contributed by atoms with Crippen LogP contribution in [0.2, 0.25) is 0 Å². The number of rotatable bonds is 8. The number of fused-ring (bicyclic) bond motifs is 1. The van der Waals surface area contributed by atoms with E-state index < -0.39 is 0 Å². The van der Waals surface area contributed by atoms with Gasteiger partial charge in [-0.3, -0.25) is 4.79 Å². The van der Waals surface area contributed by atoms with Crippen LogP contribution < -0.4 is 5.32 Å². The fourth-order valence-electron chi connectivity index (χ4n) is 4.51. The van der Waals surface area contributed by atoms with Crippen molar-refractivity contribution >= 4 is 16.9 Å². The summed E-state index contributed by atoms with van der Waals surface area (Å²) in [4.78, 5) is 17.5. The molecule has 0 saturated carbocycles. The molecule has 1 N–H and O–H groups in total. The molecule has 1 atom stereocenters. The summed E-state index contributed by atoms with van der Waals surface area (Å²) >= 11 is 0. The minimum Gasteiger partial charge on any atom is -0.354 e. The standard InChI is InChI=1S/C28H32N4O/c1-19(15-16-23-11-7-5-8-12-23)29-26(33)18-17-25-20(2)27-22(4)31-32(28(27)30-21(25)3)24-13-9-6-10-14-24/h5-14,19H,15-18H2,1-4H3,(H,29,33)/t19-/m1/s1. The zero-order valence-electron chi connectivity index (χ0n) is 19.9. The SMILES string of the molecule is Cc1nc2c(c(C)nn2-c2ccccc2)c(C)c1CCC(=O)N[C@H](C)CCc1ccccc1. The van der Waals surface area contributed by atoms with E-state index in [0.717, 1.165) is 46.5 Å². The molecule has 5 heteroatoms. The second-order valence-corrected chi connectivity index (χ2v) is 8.82. The van der Waals surface area contributed by atoms with Crippen LogP contribution in [0.3, 0.4) is 0 Å².